The molecule has 0 radical (unpaired) electrons. The third-order valence-electron chi connectivity index (χ3n) is 4.04. The van der Waals surface area contributed by atoms with Gasteiger partial charge in [-0.3, -0.25) is 10.1 Å². The number of benzene rings is 1. The Balaban J connectivity index is 1.88. The zero-order valence-electron chi connectivity index (χ0n) is 12.0. The second-order valence-electron chi connectivity index (χ2n) is 5.34. The van der Waals surface area contributed by atoms with Crippen molar-refractivity contribution in [1.29, 1.82) is 0 Å². The molecule has 2 rings (SSSR count). The van der Waals surface area contributed by atoms with Gasteiger partial charge in [-0.15, -0.1) is 0 Å². The minimum atomic E-state index is -0.371. The lowest BCUT2D eigenvalue weighted by Crippen LogP contribution is -2.30. The highest BCUT2D eigenvalue weighted by atomic mass is 16.6. The van der Waals surface area contributed by atoms with E-state index in [0.717, 1.165) is 31.6 Å². The molecule has 1 aliphatic heterocycles. The predicted molar refractivity (Wildman–Crippen MR) is 77.7 cm³/mol. The minimum absolute atomic E-state index is 0.135. The van der Waals surface area contributed by atoms with Crippen LogP contribution in [0.15, 0.2) is 24.3 Å². The Bertz CT molecular complexity index is 447. The maximum atomic E-state index is 10.6. The average molecular weight is 278 g/mol. The number of ether oxygens (including phenoxy) is 1. The Kier molecular flexibility index (Phi) is 5.09. The molecule has 5 nitrogen and oxygen atoms in total. The summed E-state index contributed by atoms with van der Waals surface area (Å²) in [6.07, 6.45) is 2.53. The number of nitro benzene ring substituents is 1. The summed E-state index contributed by atoms with van der Waals surface area (Å²) in [5.41, 5.74) is 1.21. The second kappa shape index (κ2) is 6.81. The van der Waals surface area contributed by atoms with Crippen molar-refractivity contribution < 1.29 is 9.66 Å². The second-order valence-corrected chi connectivity index (χ2v) is 5.34. The van der Waals surface area contributed by atoms with Crippen molar-refractivity contribution in [1.82, 2.24) is 5.32 Å². The fraction of sp³-hybridized carbons (Fsp3) is 0.600. The number of hydrogen-bond donors (Lipinski definition) is 1. The molecule has 0 spiro atoms. The number of rotatable bonds is 6. The van der Waals surface area contributed by atoms with Gasteiger partial charge in [0.05, 0.1) is 11.0 Å². The normalized spacial score (nSPS) is 23.7. The van der Waals surface area contributed by atoms with Gasteiger partial charge in [0.25, 0.3) is 5.69 Å². The highest BCUT2D eigenvalue weighted by molar-refractivity contribution is 5.34. The van der Waals surface area contributed by atoms with Crippen molar-refractivity contribution in [3.8, 4) is 0 Å². The topological polar surface area (TPSA) is 64.4 Å². The molecule has 1 aromatic rings. The van der Waals surface area contributed by atoms with Crippen LogP contribution in [0.5, 0.6) is 0 Å². The van der Waals surface area contributed by atoms with Gasteiger partial charge in [0.15, 0.2) is 0 Å². The van der Waals surface area contributed by atoms with E-state index in [1.807, 2.05) is 12.1 Å². The van der Waals surface area contributed by atoms with E-state index in [2.05, 4.69) is 19.2 Å². The van der Waals surface area contributed by atoms with E-state index in [4.69, 9.17) is 4.74 Å². The first-order valence-electron chi connectivity index (χ1n) is 7.21. The summed E-state index contributed by atoms with van der Waals surface area (Å²) < 4.78 is 5.68. The first kappa shape index (κ1) is 14.9. The third-order valence-corrected chi connectivity index (χ3v) is 4.04. The van der Waals surface area contributed by atoms with Gasteiger partial charge in [-0.05, 0) is 31.2 Å². The van der Waals surface area contributed by atoms with Crippen molar-refractivity contribution in [3.63, 3.8) is 0 Å². The summed E-state index contributed by atoms with van der Waals surface area (Å²) in [6.45, 7) is 6.02. The Labute approximate surface area is 119 Å². The van der Waals surface area contributed by atoms with Gasteiger partial charge in [-0.25, -0.2) is 0 Å². The average Bonchev–Trinajstić information content (AvgIpc) is 2.92. The first-order chi connectivity index (χ1) is 9.61. The van der Waals surface area contributed by atoms with Crippen LogP contribution in [-0.2, 0) is 4.74 Å². The fourth-order valence-corrected chi connectivity index (χ4v) is 2.71. The van der Waals surface area contributed by atoms with Crippen molar-refractivity contribution in [2.75, 3.05) is 13.2 Å². The number of nitro groups is 1. The molecule has 1 aromatic carbocycles. The van der Waals surface area contributed by atoms with Crippen molar-refractivity contribution in [3.05, 3.63) is 39.9 Å². The fourth-order valence-electron chi connectivity index (χ4n) is 2.71. The first-order valence-corrected chi connectivity index (χ1v) is 7.21. The predicted octanol–water partition coefficient (Wildman–Crippen LogP) is 3.06. The van der Waals surface area contributed by atoms with Gasteiger partial charge < -0.3 is 10.1 Å². The molecular formula is C15H22N2O3. The number of hydrogen-bond acceptors (Lipinski definition) is 4. The van der Waals surface area contributed by atoms with Crippen LogP contribution in [0.2, 0.25) is 0 Å². The van der Waals surface area contributed by atoms with Crippen LogP contribution < -0.4 is 5.32 Å². The molecule has 0 aromatic heterocycles. The summed E-state index contributed by atoms with van der Waals surface area (Å²) in [7, 11) is 0. The van der Waals surface area contributed by atoms with E-state index in [1.54, 1.807) is 12.1 Å². The summed E-state index contributed by atoms with van der Waals surface area (Å²) in [6, 6.07) is 6.94. The standard InChI is InChI=1S/C15H22N2O3/c1-3-15-13(8-9-20-15)10-16-11(2)12-4-6-14(7-5-12)17(18)19/h4-7,11,13,15-16H,3,8-10H2,1-2H3. The van der Waals surface area contributed by atoms with E-state index in [1.165, 1.54) is 0 Å². The van der Waals surface area contributed by atoms with Crippen LogP contribution >= 0.6 is 0 Å². The molecule has 1 aliphatic rings. The Morgan fingerprint density at radius 2 is 2.15 bits per heavy atom. The van der Waals surface area contributed by atoms with Gasteiger partial charge in [-0.1, -0.05) is 19.1 Å². The van der Waals surface area contributed by atoms with Crippen LogP contribution in [-0.4, -0.2) is 24.2 Å². The van der Waals surface area contributed by atoms with Crippen molar-refractivity contribution in [2.45, 2.75) is 38.8 Å². The van der Waals surface area contributed by atoms with Gasteiger partial charge >= 0.3 is 0 Å². The molecule has 3 atom stereocenters. The minimum Gasteiger partial charge on any atom is -0.378 e. The molecule has 0 amide bonds. The lowest BCUT2D eigenvalue weighted by atomic mass is 9.98. The van der Waals surface area contributed by atoms with E-state index in [9.17, 15) is 10.1 Å². The highest BCUT2D eigenvalue weighted by Crippen LogP contribution is 2.24. The Hall–Kier alpha value is -1.46. The Morgan fingerprint density at radius 1 is 1.45 bits per heavy atom. The van der Waals surface area contributed by atoms with E-state index < -0.39 is 0 Å². The number of nitrogens with zero attached hydrogens (tertiary/aromatic N) is 1. The smallest absolute Gasteiger partial charge is 0.269 e. The SMILES string of the molecule is CCC1OCCC1CNC(C)c1ccc([N+](=O)[O-])cc1. The van der Waals surface area contributed by atoms with Gasteiger partial charge in [0, 0.05) is 31.3 Å². The molecule has 1 N–H and O–H groups in total. The third kappa shape index (κ3) is 3.55. The van der Waals surface area contributed by atoms with Crippen LogP contribution in [0.25, 0.3) is 0 Å². The van der Waals surface area contributed by atoms with Gasteiger partial charge in [-0.2, -0.15) is 0 Å². The van der Waals surface area contributed by atoms with Crippen LogP contribution in [0.3, 0.4) is 0 Å². The zero-order valence-corrected chi connectivity index (χ0v) is 12.0. The number of nitrogens with one attached hydrogen (secondary N) is 1. The van der Waals surface area contributed by atoms with Crippen molar-refractivity contribution >= 4 is 5.69 Å². The number of non-ortho nitro benzene ring substituents is 1. The summed E-state index contributed by atoms with van der Waals surface area (Å²) in [4.78, 5) is 10.3. The van der Waals surface area contributed by atoms with Crippen LogP contribution in [0, 0.1) is 16.0 Å². The molecule has 110 valence electrons. The molecule has 0 aliphatic carbocycles. The summed E-state index contributed by atoms with van der Waals surface area (Å²) >= 11 is 0. The molecule has 1 fully saturated rings. The molecule has 1 saturated heterocycles. The summed E-state index contributed by atoms with van der Waals surface area (Å²) in [5.74, 6) is 0.570. The lowest BCUT2D eigenvalue weighted by Gasteiger charge is -2.21. The molecule has 3 unspecified atom stereocenters. The van der Waals surface area contributed by atoms with Gasteiger partial charge in [0.1, 0.15) is 0 Å². The highest BCUT2D eigenvalue weighted by Gasteiger charge is 2.26. The van der Waals surface area contributed by atoms with E-state index in [-0.39, 0.29) is 16.7 Å². The molecule has 0 saturated carbocycles. The largest absolute Gasteiger partial charge is 0.378 e. The molecule has 0 bridgehead atoms. The van der Waals surface area contributed by atoms with E-state index in [0.29, 0.717) is 12.0 Å². The molecule has 5 heteroatoms. The summed E-state index contributed by atoms with van der Waals surface area (Å²) in [5, 5.41) is 14.1. The maximum Gasteiger partial charge on any atom is 0.269 e. The lowest BCUT2D eigenvalue weighted by molar-refractivity contribution is -0.384. The van der Waals surface area contributed by atoms with Crippen molar-refractivity contribution in [2.24, 2.45) is 5.92 Å². The molecular weight excluding hydrogens is 256 g/mol. The Morgan fingerprint density at radius 3 is 2.75 bits per heavy atom. The maximum absolute atomic E-state index is 10.6. The molecule has 20 heavy (non-hydrogen) atoms. The van der Waals surface area contributed by atoms with E-state index >= 15 is 0 Å². The zero-order chi connectivity index (χ0) is 14.5. The quantitative estimate of drug-likeness (QED) is 0.641. The monoisotopic (exact) mass is 278 g/mol. The van der Waals surface area contributed by atoms with Gasteiger partial charge in [0.2, 0.25) is 0 Å². The van der Waals surface area contributed by atoms with Crippen LogP contribution in [0.1, 0.15) is 38.3 Å². The van der Waals surface area contributed by atoms with Crippen LogP contribution in [0.4, 0.5) is 5.69 Å². The molecule has 1 heterocycles.